The van der Waals surface area contributed by atoms with Gasteiger partial charge in [-0.15, -0.1) is 0 Å². The first kappa shape index (κ1) is 32.4. The van der Waals surface area contributed by atoms with Crippen LogP contribution in [0, 0.1) is 5.82 Å². The Kier molecular flexibility index (Phi) is 15.5. The summed E-state index contributed by atoms with van der Waals surface area (Å²) in [6.07, 6.45) is -1.85. The van der Waals surface area contributed by atoms with E-state index in [0.29, 0.717) is 18.1 Å². The molecule has 1 aromatic carbocycles. The molecule has 3 N–H and O–H groups in total. The highest BCUT2D eigenvalue weighted by Crippen LogP contribution is 2.37. The summed E-state index contributed by atoms with van der Waals surface area (Å²) in [6.45, 7) is 2.03. The van der Waals surface area contributed by atoms with Gasteiger partial charge in [0.2, 0.25) is 6.93 Å². The van der Waals surface area contributed by atoms with E-state index in [1.165, 1.54) is 0 Å². The highest BCUT2D eigenvalue weighted by molar-refractivity contribution is 7.45. The smallest absolute Gasteiger partial charge is 0.351 e. The highest BCUT2D eigenvalue weighted by atomic mass is 31.2. The van der Waals surface area contributed by atoms with Gasteiger partial charge in [0.25, 0.3) is 0 Å². The number of carbonyl (C=O) groups is 1. The molecular formula is C22H31F4N4O6P. The number of benzene rings is 1. The van der Waals surface area contributed by atoms with Crippen LogP contribution in [-0.2, 0) is 18.8 Å². The fourth-order valence-electron chi connectivity index (χ4n) is 2.61. The third kappa shape index (κ3) is 12.0. The van der Waals surface area contributed by atoms with Gasteiger partial charge in [0, 0.05) is 13.5 Å². The van der Waals surface area contributed by atoms with E-state index >= 15 is 0 Å². The Morgan fingerprint density at radius 2 is 1.95 bits per heavy atom. The summed E-state index contributed by atoms with van der Waals surface area (Å²) in [4.78, 5) is 25.9. The number of nitrogens with zero attached hydrogens (tertiary/aromatic N) is 2. The van der Waals surface area contributed by atoms with Gasteiger partial charge in [-0.1, -0.05) is 18.2 Å². The number of nitrogens with one attached hydrogen (secondary N) is 1. The Hall–Kier alpha value is -2.64. The minimum absolute atomic E-state index is 0.0164. The van der Waals surface area contributed by atoms with Crippen LogP contribution in [0.4, 0.5) is 23.4 Å². The van der Waals surface area contributed by atoms with E-state index in [1.54, 1.807) is 31.4 Å². The second-order valence-corrected chi connectivity index (χ2v) is 8.69. The lowest BCUT2D eigenvalue weighted by molar-refractivity contribution is -0.107. The van der Waals surface area contributed by atoms with Crippen LogP contribution in [0.15, 0.2) is 41.3 Å². The zero-order chi connectivity index (χ0) is 27.8. The quantitative estimate of drug-likeness (QED) is 0.257. The van der Waals surface area contributed by atoms with E-state index in [1.807, 2.05) is 19.9 Å². The van der Waals surface area contributed by atoms with Crippen molar-refractivity contribution in [2.75, 3.05) is 32.9 Å². The molecule has 0 saturated carbocycles. The van der Waals surface area contributed by atoms with Gasteiger partial charge in [-0.05, 0) is 26.0 Å². The molecular weight excluding hydrogens is 523 g/mol. The minimum Gasteiger partial charge on any atom is -0.436 e. The van der Waals surface area contributed by atoms with Crippen molar-refractivity contribution in [1.29, 1.82) is 0 Å². The molecule has 0 bridgehead atoms. The molecule has 3 rings (SSSR count). The van der Waals surface area contributed by atoms with Crippen LogP contribution in [0.2, 0.25) is 0 Å². The monoisotopic (exact) mass is 554 g/mol. The summed E-state index contributed by atoms with van der Waals surface area (Å²) < 4.78 is 69.6. The lowest BCUT2D eigenvalue weighted by Gasteiger charge is -2.20. The molecule has 37 heavy (non-hydrogen) atoms. The van der Waals surface area contributed by atoms with Crippen molar-refractivity contribution in [3.05, 3.63) is 52.8 Å². The molecule has 2 aromatic rings. The highest BCUT2D eigenvalue weighted by Gasteiger charge is 2.38. The lowest BCUT2D eigenvalue weighted by atomic mass is 10.2. The predicted octanol–water partition coefficient (Wildman–Crippen LogP) is 3.63. The summed E-state index contributed by atoms with van der Waals surface area (Å²) >= 11 is 0. The molecule has 1 aliphatic rings. The van der Waals surface area contributed by atoms with E-state index in [-0.39, 0.29) is 19.6 Å². The first-order valence-corrected chi connectivity index (χ1v) is 12.2. The van der Waals surface area contributed by atoms with Gasteiger partial charge >= 0.3 is 14.2 Å². The molecule has 1 aliphatic heterocycles. The number of aldehydes is 1. The zero-order valence-electron chi connectivity index (χ0n) is 20.6. The van der Waals surface area contributed by atoms with E-state index < -0.39 is 51.3 Å². The third-order valence-corrected chi connectivity index (χ3v) is 5.67. The van der Waals surface area contributed by atoms with Gasteiger partial charge in [0.1, 0.15) is 30.5 Å². The maximum atomic E-state index is 14.4. The van der Waals surface area contributed by atoms with Crippen LogP contribution in [0.25, 0.3) is 0 Å². The minimum atomic E-state index is -1.75. The number of methoxy groups -OCH3 is 1. The van der Waals surface area contributed by atoms with Crippen molar-refractivity contribution in [1.82, 2.24) is 14.6 Å². The Bertz CT molecular complexity index is 976. The molecule has 0 amide bonds. The molecule has 0 spiro atoms. The first-order valence-electron chi connectivity index (χ1n) is 11.0. The summed E-state index contributed by atoms with van der Waals surface area (Å²) in [6, 6.07) is 8.75. The van der Waals surface area contributed by atoms with Crippen LogP contribution < -0.4 is 21.0 Å². The molecule has 2 heterocycles. The van der Waals surface area contributed by atoms with E-state index in [2.05, 4.69) is 10.1 Å². The number of nitrogens with two attached hydrogens (primary N) is 1. The summed E-state index contributed by atoms with van der Waals surface area (Å²) in [5.74, 6) is -0.930. The number of carbonyl (C=O) groups excluding carboxylic acids is 1. The normalized spacial score (nSPS) is 19.3. The van der Waals surface area contributed by atoms with Gasteiger partial charge < -0.3 is 29.0 Å². The topological polar surface area (TPSA) is 127 Å². The van der Waals surface area contributed by atoms with E-state index in [0.717, 1.165) is 10.8 Å². The second-order valence-electron chi connectivity index (χ2n) is 7.42. The Morgan fingerprint density at radius 1 is 1.32 bits per heavy atom. The number of aromatic nitrogens is 2. The number of alkyl halides is 3. The molecule has 1 fully saturated rings. The fraction of sp³-hybridized carbons (Fsp3) is 0.500. The zero-order valence-corrected chi connectivity index (χ0v) is 21.5. The van der Waals surface area contributed by atoms with Crippen LogP contribution in [0.1, 0.15) is 26.5 Å². The number of ether oxygens (including phenoxy) is 2. The first-order chi connectivity index (χ1) is 17.7. The average Bonchev–Trinajstić information content (AvgIpc) is 3.24. The van der Waals surface area contributed by atoms with Crippen molar-refractivity contribution < 1.29 is 40.9 Å². The standard InChI is InChI=1S/C17H19F2N4O5P.C4H10O.CH2F2/c18-12-8-15(23-9-13(19)16(20)22-17(23)25)27-14(12)10-26-29(21-6-7-24)28-11-4-2-1-3-5-11;1-4(2)5-3;2-1-3/h1-5,7,9,12,14-15,21H,6,8,10H2,(H2,20,22,25);4H,1-3H3;1H2. The molecule has 4 atom stereocenters. The SMILES string of the molecule is COC(C)C.FCF.Nc1nc(=O)n(C2CC(F)C(COP(NCC=O)Oc3ccccc3)O2)cc1F. The van der Waals surface area contributed by atoms with Crippen molar-refractivity contribution in [2.24, 2.45) is 0 Å². The van der Waals surface area contributed by atoms with Crippen molar-refractivity contribution in [3.63, 3.8) is 0 Å². The number of para-hydroxylation sites is 1. The van der Waals surface area contributed by atoms with Crippen LogP contribution >= 0.6 is 8.53 Å². The molecule has 208 valence electrons. The van der Waals surface area contributed by atoms with Gasteiger partial charge in [-0.3, -0.25) is 4.57 Å². The lowest BCUT2D eigenvalue weighted by Crippen LogP contribution is -2.29. The number of hydrogen-bond acceptors (Lipinski definition) is 9. The number of anilines is 1. The van der Waals surface area contributed by atoms with E-state index in [9.17, 15) is 27.2 Å². The van der Waals surface area contributed by atoms with Gasteiger partial charge in [0.05, 0.1) is 25.5 Å². The average molecular weight is 554 g/mol. The van der Waals surface area contributed by atoms with Gasteiger partial charge in [-0.25, -0.2) is 27.4 Å². The van der Waals surface area contributed by atoms with E-state index in [4.69, 9.17) is 24.3 Å². The number of halogens is 4. The van der Waals surface area contributed by atoms with Gasteiger partial charge in [-0.2, -0.15) is 4.98 Å². The van der Waals surface area contributed by atoms with Crippen molar-refractivity contribution in [3.8, 4) is 5.75 Å². The number of rotatable bonds is 10. The second kappa shape index (κ2) is 17.8. The summed E-state index contributed by atoms with van der Waals surface area (Å²) in [5, 5.41) is 2.77. The molecule has 0 aliphatic carbocycles. The van der Waals surface area contributed by atoms with Crippen LogP contribution in [0.5, 0.6) is 5.75 Å². The molecule has 10 nitrogen and oxygen atoms in total. The number of nitrogen functional groups attached to an aromatic ring is 1. The summed E-state index contributed by atoms with van der Waals surface area (Å²) in [7, 11) is -0.0485. The predicted molar refractivity (Wildman–Crippen MR) is 130 cm³/mol. The summed E-state index contributed by atoms with van der Waals surface area (Å²) in [5.41, 5.74) is 4.41. The Labute approximate surface area is 213 Å². The largest absolute Gasteiger partial charge is 0.436 e. The van der Waals surface area contributed by atoms with Crippen molar-refractivity contribution >= 4 is 20.6 Å². The Balaban J connectivity index is 0.000000751. The van der Waals surface area contributed by atoms with Gasteiger partial charge in [0.15, 0.2) is 11.6 Å². The molecule has 4 unspecified atom stereocenters. The number of hydrogen-bond donors (Lipinski definition) is 2. The molecule has 0 radical (unpaired) electrons. The Morgan fingerprint density at radius 3 is 2.51 bits per heavy atom. The fourth-order valence-corrected chi connectivity index (χ4v) is 3.64. The van der Waals surface area contributed by atoms with Crippen LogP contribution in [-0.4, -0.2) is 61.4 Å². The van der Waals surface area contributed by atoms with Crippen LogP contribution in [0.3, 0.4) is 0 Å². The maximum Gasteiger partial charge on any atom is 0.351 e. The molecule has 15 heteroatoms. The molecule has 1 saturated heterocycles. The third-order valence-electron chi connectivity index (χ3n) is 4.47. The molecule has 1 aromatic heterocycles. The maximum absolute atomic E-state index is 14.4. The van der Waals surface area contributed by atoms with Crippen molar-refractivity contribution in [2.45, 2.75) is 44.9 Å².